The lowest BCUT2D eigenvalue weighted by Crippen LogP contribution is -2.74. The predicted octanol–water partition coefficient (Wildman–Crippen LogP) is 1.63. The highest BCUT2D eigenvalue weighted by atomic mass is 16.6. The summed E-state index contributed by atoms with van der Waals surface area (Å²) in [5, 5.41) is 2.44. The van der Waals surface area contributed by atoms with E-state index in [9.17, 15) is 24.0 Å². The second-order valence-corrected chi connectivity index (χ2v) is 8.81. The van der Waals surface area contributed by atoms with Crippen molar-refractivity contribution in [1.29, 1.82) is 0 Å². The van der Waals surface area contributed by atoms with E-state index in [1.165, 1.54) is 0 Å². The fourth-order valence-electron chi connectivity index (χ4n) is 3.77. The molecule has 0 aromatic heterocycles. The zero-order chi connectivity index (χ0) is 29.7. The topological polar surface area (TPSA) is 147 Å². The van der Waals surface area contributed by atoms with Crippen LogP contribution in [0.3, 0.4) is 0 Å². The van der Waals surface area contributed by atoms with Crippen molar-refractivity contribution in [3.63, 3.8) is 0 Å². The van der Waals surface area contributed by atoms with Gasteiger partial charge in [-0.05, 0) is 29.8 Å². The second kappa shape index (κ2) is 15.0. The monoisotopic (exact) mass is 576 g/mol. The van der Waals surface area contributed by atoms with Gasteiger partial charge in [-0.15, -0.1) is 0 Å². The van der Waals surface area contributed by atoms with Crippen LogP contribution >= 0.6 is 0 Å². The van der Waals surface area contributed by atoms with Gasteiger partial charge in [0.1, 0.15) is 24.7 Å². The molecule has 3 amide bonds. The van der Waals surface area contributed by atoms with Crippen LogP contribution < -0.4 is 14.8 Å². The third-order valence-electron chi connectivity index (χ3n) is 5.81. The average molecular weight is 577 g/mol. The van der Waals surface area contributed by atoms with Gasteiger partial charge in [0.05, 0.1) is 6.61 Å². The Kier molecular flexibility index (Phi) is 10.6. The fraction of sp³-hybridized carbons (Fsp3) is 0.233. The number of ether oxygens (including phenoxy) is 5. The van der Waals surface area contributed by atoms with Crippen molar-refractivity contribution in [3.8, 4) is 11.5 Å². The summed E-state index contributed by atoms with van der Waals surface area (Å²) in [5.74, 6) is -3.81. The Hall–Kier alpha value is -5.23. The summed E-state index contributed by atoms with van der Waals surface area (Å²) in [6.45, 7) is -1.45. The zero-order valence-corrected chi connectivity index (χ0v) is 22.4. The molecule has 0 saturated carbocycles. The highest BCUT2D eigenvalue weighted by Crippen LogP contribution is 2.23. The first-order valence-corrected chi connectivity index (χ1v) is 12.9. The van der Waals surface area contributed by atoms with E-state index < -0.39 is 48.5 Å². The first-order valence-electron chi connectivity index (χ1n) is 12.9. The number of carbonyl (C=O) groups excluding carboxylic acids is 5. The Morgan fingerprint density at radius 1 is 0.714 bits per heavy atom. The van der Waals surface area contributed by atoms with Crippen LogP contribution in [0.25, 0.3) is 0 Å². The first kappa shape index (κ1) is 29.7. The Labute approximate surface area is 241 Å². The van der Waals surface area contributed by atoms with Crippen molar-refractivity contribution in [1.82, 2.24) is 10.2 Å². The molecule has 0 unspecified atom stereocenters. The Balaban J connectivity index is 1.30. The second-order valence-electron chi connectivity index (χ2n) is 8.81. The van der Waals surface area contributed by atoms with E-state index in [1.54, 1.807) is 91.0 Å². The number of nitrogens with one attached hydrogen (secondary N) is 1. The molecule has 2 atom stereocenters. The molecule has 0 radical (unpaired) electrons. The normalized spacial score (nSPS) is 15.6. The van der Waals surface area contributed by atoms with Gasteiger partial charge in [0.15, 0.2) is 25.5 Å². The Morgan fingerprint density at radius 2 is 1.29 bits per heavy atom. The van der Waals surface area contributed by atoms with Crippen molar-refractivity contribution in [3.05, 3.63) is 96.6 Å². The fourth-order valence-corrected chi connectivity index (χ4v) is 3.77. The van der Waals surface area contributed by atoms with Gasteiger partial charge >= 0.3 is 17.8 Å². The maximum atomic E-state index is 12.8. The van der Waals surface area contributed by atoms with Crippen LogP contribution in [0.1, 0.15) is 5.56 Å². The summed E-state index contributed by atoms with van der Waals surface area (Å²) in [5.41, 5.74) is 0.642. The highest BCUT2D eigenvalue weighted by Gasteiger charge is 2.54. The lowest BCUT2D eigenvalue weighted by molar-refractivity contribution is -0.197. The molecule has 1 N–H and O–H groups in total. The number of benzene rings is 3. The number of amides is 3. The predicted molar refractivity (Wildman–Crippen MR) is 145 cm³/mol. The van der Waals surface area contributed by atoms with E-state index in [-0.39, 0.29) is 26.4 Å². The summed E-state index contributed by atoms with van der Waals surface area (Å²) in [7, 11) is 0. The third kappa shape index (κ3) is 8.38. The van der Waals surface area contributed by atoms with Crippen LogP contribution in [-0.4, -0.2) is 73.3 Å². The van der Waals surface area contributed by atoms with E-state index in [1.807, 2.05) is 0 Å². The van der Waals surface area contributed by atoms with Gasteiger partial charge in [0.2, 0.25) is 0 Å². The zero-order valence-electron chi connectivity index (χ0n) is 22.4. The van der Waals surface area contributed by atoms with E-state index in [4.69, 9.17) is 23.7 Å². The maximum absolute atomic E-state index is 12.8. The SMILES string of the molecule is O=C(COc1ccccc1)N[C@@H]1C(=O)N(C(=O)C(=O)OCc2ccccc2)[C@@H]1OCCOC(=O)COc1ccccc1. The van der Waals surface area contributed by atoms with Crippen molar-refractivity contribution in [2.24, 2.45) is 0 Å². The van der Waals surface area contributed by atoms with Gasteiger partial charge in [0.25, 0.3) is 11.8 Å². The molecule has 3 aromatic carbocycles. The maximum Gasteiger partial charge on any atom is 0.397 e. The Bertz CT molecular complexity index is 1370. The summed E-state index contributed by atoms with van der Waals surface area (Å²) in [6, 6.07) is 24.6. The minimum Gasteiger partial charge on any atom is -0.484 e. The molecule has 0 bridgehead atoms. The lowest BCUT2D eigenvalue weighted by atomic mass is 10.0. The molecule has 1 aliphatic heterocycles. The highest BCUT2D eigenvalue weighted by molar-refractivity contribution is 6.36. The molecule has 12 nitrogen and oxygen atoms in total. The lowest BCUT2D eigenvalue weighted by Gasteiger charge is -2.44. The molecule has 12 heteroatoms. The van der Waals surface area contributed by atoms with Crippen LogP contribution in [0.5, 0.6) is 11.5 Å². The molecule has 1 fully saturated rings. The standard InChI is InChI=1S/C30H28N2O10/c33-24(19-40-22-12-6-2-7-13-22)31-26-27(35)32(28(36)30(37)42-18-21-10-4-1-5-11-21)29(26)39-17-16-38-25(34)20-41-23-14-8-3-9-15-23/h1-15,26,29H,16-20H2,(H,31,33)/t26-,29-/m1/s1. The number of carbonyl (C=O) groups is 5. The van der Waals surface area contributed by atoms with Gasteiger partial charge in [-0.25, -0.2) is 14.5 Å². The summed E-state index contributed by atoms with van der Waals surface area (Å²) >= 11 is 0. The number of hydrogen-bond acceptors (Lipinski definition) is 10. The van der Waals surface area contributed by atoms with Gasteiger partial charge < -0.3 is 29.0 Å². The number of hydrogen-bond donors (Lipinski definition) is 1. The minimum absolute atomic E-state index is 0.184. The van der Waals surface area contributed by atoms with Crippen LogP contribution in [0.2, 0.25) is 0 Å². The van der Waals surface area contributed by atoms with E-state index >= 15 is 0 Å². The van der Waals surface area contributed by atoms with Crippen LogP contribution in [0.15, 0.2) is 91.0 Å². The van der Waals surface area contributed by atoms with E-state index in [2.05, 4.69) is 5.32 Å². The number of para-hydroxylation sites is 2. The molecule has 1 heterocycles. The van der Waals surface area contributed by atoms with Crippen molar-refractivity contribution < 1.29 is 47.7 Å². The molecule has 0 spiro atoms. The third-order valence-corrected chi connectivity index (χ3v) is 5.81. The number of β-lactam (4-membered cyclic amide) rings is 1. The van der Waals surface area contributed by atoms with Gasteiger partial charge in [-0.3, -0.25) is 14.4 Å². The van der Waals surface area contributed by atoms with Gasteiger partial charge in [-0.1, -0.05) is 66.7 Å². The van der Waals surface area contributed by atoms with Crippen molar-refractivity contribution >= 4 is 29.7 Å². The Morgan fingerprint density at radius 3 is 1.90 bits per heavy atom. The molecule has 218 valence electrons. The molecule has 1 aliphatic rings. The van der Waals surface area contributed by atoms with Crippen molar-refractivity contribution in [2.45, 2.75) is 18.9 Å². The first-order chi connectivity index (χ1) is 20.4. The largest absolute Gasteiger partial charge is 0.484 e. The molecule has 42 heavy (non-hydrogen) atoms. The van der Waals surface area contributed by atoms with E-state index in [0.29, 0.717) is 22.0 Å². The number of imide groups is 1. The number of nitrogens with zero attached hydrogens (tertiary/aromatic N) is 1. The number of likely N-dealkylation sites (tertiary alicyclic amines) is 1. The molecular weight excluding hydrogens is 548 g/mol. The van der Waals surface area contributed by atoms with Gasteiger partial charge in [-0.2, -0.15) is 0 Å². The summed E-state index contributed by atoms with van der Waals surface area (Å²) in [4.78, 5) is 63.0. The molecule has 1 saturated heterocycles. The average Bonchev–Trinajstić information content (AvgIpc) is 3.03. The van der Waals surface area contributed by atoms with Crippen LogP contribution in [0.4, 0.5) is 0 Å². The van der Waals surface area contributed by atoms with E-state index in [0.717, 1.165) is 0 Å². The molecule has 3 aromatic rings. The summed E-state index contributed by atoms with van der Waals surface area (Å²) in [6.07, 6.45) is -1.35. The van der Waals surface area contributed by atoms with Gasteiger partial charge in [0, 0.05) is 0 Å². The number of esters is 2. The minimum atomic E-state index is -1.35. The summed E-state index contributed by atoms with van der Waals surface area (Å²) < 4.78 is 26.4. The quantitative estimate of drug-likeness (QED) is 0.138. The molecule has 4 rings (SSSR count). The molecular formula is C30H28N2O10. The van der Waals surface area contributed by atoms with Crippen molar-refractivity contribution in [2.75, 3.05) is 26.4 Å². The smallest absolute Gasteiger partial charge is 0.397 e. The van der Waals surface area contributed by atoms with Crippen LogP contribution in [-0.2, 0) is 44.8 Å². The molecule has 0 aliphatic carbocycles. The van der Waals surface area contributed by atoms with Crippen LogP contribution in [0, 0.1) is 0 Å². The number of rotatable bonds is 13.